The first-order chi connectivity index (χ1) is 23.2. The van der Waals surface area contributed by atoms with Gasteiger partial charge in [0.1, 0.15) is 0 Å². The van der Waals surface area contributed by atoms with Crippen LogP contribution >= 0.6 is 0 Å². The summed E-state index contributed by atoms with van der Waals surface area (Å²) in [6.07, 6.45) is 31.7. The maximum Gasteiger partial charge on any atom is 0.0703 e. The molecule has 0 fully saturated rings. The highest BCUT2D eigenvalue weighted by molar-refractivity contribution is 6.11. The number of rotatable bonds is 9. The Balaban J connectivity index is 0.000000748. The van der Waals surface area contributed by atoms with Crippen LogP contribution in [0.4, 0.5) is 5.69 Å². The summed E-state index contributed by atoms with van der Waals surface area (Å²) in [4.78, 5) is 4.80. The van der Waals surface area contributed by atoms with E-state index in [1.807, 2.05) is 91.0 Å². The summed E-state index contributed by atoms with van der Waals surface area (Å²) in [5.74, 6) is 0. The summed E-state index contributed by atoms with van der Waals surface area (Å²) < 4.78 is 0. The van der Waals surface area contributed by atoms with E-state index in [2.05, 4.69) is 129 Å². The largest absolute Gasteiger partial charge is 0.248 e. The van der Waals surface area contributed by atoms with Gasteiger partial charge in [-0.3, -0.25) is 0 Å². The van der Waals surface area contributed by atoms with Crippen molar-refractivity contribution in [2.45, 2.75) is 6.42 Å². The molecule has 47 heavy (non-hydrogen) atoms. The first-order valence-corrected chi connectivity index (χ1v) is 15.8. The zero-order valence-electron chi connectivity index (χ0n) is 26.8. The van der Waals surface area contributed by atoms with Crippen LogP contribution in [-0.4, -0.2) is 5.71 Å². The molecular formula is C46H41N. The van der Waals surface area contributed by atoms with Gasteiger partial charge in [0, 0.05) is 0 Å². The highest BCUT2D eigenvalue weighted by Crippen LogP contribution is 2.21. The number of benzene rings is 4. The third kappa shape index (κ3) is 12.5. The zero-order valence-corrected chi connectivity index (χ0v) is 26.8. The first kappa shape index (κ1) is 33.8. The fraction of sp³-hybridized carbons (Fsp3) is 0.0217. The standard InChI is InChI=1S/C40H35N.C6H6/c1-3-4-20-35(36-21-11-8-12-22-36)26-17-27-38(37-23-13-9-14-24-37)25-16-19-34-29-31-39(32-30-34)41-40-28-15-7-5-6-10-18-33(40)2;1-2-4-6-5-3-1/h3-5,7-32H,1-2,6H2;1-6H/b7-5-,18-10-,19-16-,20-4-,27-17+,28-15-,35-26+,38-25+,41-40?;. The van der Waals surface area contributed by atoms with Crippen LogP contribution in [0, 0.1) is 0 Å². The van der Waals surface area contributed by atoms with Crippen molar-refractivity contribution in [2.24, 2.45) is 4.99 Å². The van der Waals surface area contributed by atoms with Crippen LogP contribution in [0.3, 0.4) is 0 Å². The second-order valence-electron chi connectivity index (χ2n) is 10.5. The third-order valence-corrected chi connectivity index (χ3v) is 6.97. The molecule has 4 aromatic rings. The quantitative estimate of drug-likeness (QED) is 0.168. The molecule has 4 aromatic carbocycles. The van der Waals surface area contributed by atoms with Gasteiger partial charge in [-0.15, -0.1) is 0 Å². The lowest BCUT2D eigenvalue weighted by molar-refractivity contribution is 1.39. The summed E-state index contributed by atoms with van der Waals surface area (Å²) in [6.45, 7) is 7.97. The lowest BCUT2D eigenvalue weighted by atomic mass is 10.0. The molecule has 1 aliphatic rings. The molecule has 0 spiro atoms. The first-order valence-electron chi connectivity index (χ1n) is 15.8. The van der Waals surface area contributed by atoms with Crippen molar-refractivity contribution in [3.63, 3.8) is 0 Å². The van der Waals surface area contributed by atoms with Gasteiger partial charge in [-0.1, -0.05) is 207 Å². The van der Waals surface area contributed by atoms with Gasteiger partial charge in [0.05, 0.1) is 11.4 Å². The molecule has 0 unspecified atom stereocenters. The summed E-state index contributed by atoms with van der Waals surface area (Å²) in [7, 11) is 0. The van der Waals surface area contributed by atoms with Gasteiger partial charge < -0.3 is 0 Å². The summed E-state index contributed by atoms with van der Waals surface area (Å²) in [5.41, 5.74) is 8.33. The van der Waals surface area contributed by atoms with Crippen LogP contribution in [0.25, 0.3) is 17.2 Å². The lowest BCUT2D eigenvalue weighted by Crippen LogP contribution is -1.94. The van der Waals surface area contributed by atoms with Gasteiger partial charge >= 0.3 is 0 Å². The van der Waals surface area contributed by atoms with Crippen molar-refractivity contribution in [1.82, 2.24) is 0 Å². The maximum atomic E-state index is 4.80. The fourth-order valence-electron chi connectivity index (χ4n) is 4.53. The molecule has 5 rings (SSSR count). The number of allylic oxidation sites excluding steroid dienone is 17. The Morgan fingerprint density at radius 1 is 0.574 bits per heavy atom. The van der Waals surface area contributed by atoms with Gasteiger partial charge in [0.15, 0.2) is 0 Å². The molecule has 0 amide bonds. The van der Waals surface area contributed by atoms with E-state index < -0.39 is 0 Å². The molecule has 1 aliphatic carbocycles. The topological polar surface area (TPSA) is 12.4 Å². The molecule has 0 aromatic heterocycles. The molecule has 0 radical (unpaired) electrons. The zero-order chi connectivity index (χ0) is 32.8. The molecule has 0 N–H and O–H groups in total. The van der Waals surface area contributed by atoms with E-state index in [0.29, 0.717) is 0 Å². The van der Waals surface area contributed by atoms with E-state index >= 15 is 0 Å². The Morgan fingerprint density at radius 3 is 1.72 bits per heavy atom. The molecule has 0 aliphatic heterocycles. The number of aliphatic imine (C=N–C) groups is 1. The van der Waals surface area contributed by atoms with Crippen molar-refractivity contribution in [2.75, 3.05) is 0 Å². The summed E-state index contributed by atoms with van der Waals surface area (Å²) in [5, 5.41) is 0. The summed E-state index contributed by atoms with van der Waals surface area (Å²) in [6, 6.07) is 41.0. The molecule has 230 valence electrons. The molecule has 1 nitrogen and oxygen atoms in total. The highest BCUT2D eigenvalue weighted by atomic mass is 14.7. The molecule has 0 saturated carbocycles. The number of hydrogen-bond donors (Lipinski definition) is 0. The minimum absolute atomic E-state index is 0.864. The third-order valence-electron chi connectivity index (χ3n) is 6.97. The van der Waals surface area contributed by atoms with Crippen LogP contribution in [-0.2, 0) is 0 Å². The van der Waals surface area contributed by atoms with E-state index in [-0.39, 0.29) is 0 Å². The van der Waals surface area contributed by atoms with Gasteiger partial charge in [-0.2, -0.15) is 0 Å². The van der Waals surface area contributed by atoms with Crippen LogP contribution in [0.2, 0.25) is 0 Å². The second kappa shape index (κ2) is 20.1. The second-order valence-corrected chi connectivity index (χ2v) is 10.5. The number of hydrogen-bond acceptors (Lipinski definition) is 1. The molecule has 0 atom stereocenters. The Hall–Kier alpha value is -6.05. The number of nitrogens with zero attached hydrogens (tertiary/aromatic N) is 1. The van der Waals surface area contributed by atoms with E-state index in [0.717, 1.165) is 51.2 Å². The van der Waals surface area contributed by atoms with Gasteiger partial charge in [0.25, 0.3) is 0 Å². The molecular weight excluding hydrogens is 567 g/mol. The van der Waals surface area contributed by atoms with Crippen molar-refractivity contribution < 1.29 is 0 Å². The van der Waals surface area contributed by atoms with Gasteiger partial charge in [-0.25, -0.2) is 4.99 Å². The lowest BCUT2D eigenvalue weighted by Gasteiger charge is -2.03. The fourth-order valence-corrected chi connectivity index (χ4v) is 4.53. The monoisotopic (exact) mass is 607 g/mol. The molecule has 0 saturated heterocycles. The minimum atomic E-state index is 0.864. The molecule has 0 heterocycles. The Kier molecular flexibility index (Phi) is 14.5. The van der Waals surface area contributed by atoms with Crippen LogP contribution in [0.1, 0.15) is 23.1 Å². The predicted octanol–water partition coefficient (Wildman–Crippen LogP) is 12.6. The minimum Gasteiger partial charge on any atom is -0.248 e. The van der Waals surface area contributed by atoms with E-state index in [1.54, 1.807) is 6.08 Å². The van der Waals surface area contributed by atoms with Crippen LogP contribution in [0.5, 0.6) is 0 Å². The van der Waals surface area contributed by atoms with Crippen molar-refractivity contribution >= 4 is 28.6 Å². The summed E-state index contributed by atoms with van der Waals surface area (Å²) >= 11 is 0. The van der Waals surface area contributed by atoms with Crippen LogP contribution < -0.4 is 0 Å². The molecule has 0 bridgehead atoms. The Bertz CT molecular complexity index is 1790. The van der Waals surface area contributed by atoms with Gasteiger partial charge in [-0.05, 0) is 58.0 Å². The van der Waals surface area contributed by atoms with Gasteiger partial charge in [0.2, 0.25) is 0 Å². The predicted molar refractivity (Wildman–Crippen MR) is 208 cm³/mol. The smallest absolute Gasteiger partial charge is 0.0703 e. The van der Waals surface area contributed by atoms with Crippen molar-refractivity contribution in [3.8, 4) is 0 Å². The average molecular weight is 608 g/mol. The van der Waals surface area contributed by atoms with Crippen molar-refractivity contribution in [3.05, 3.63) is 242 Å². The normalized spacial score (nSPS) is 16.7. The SMILES string of the molecule is C=C\C=C/C(=C\C=C\C(=C/C=C\c1ccc(N=C2/C=C\C=C/C/C=C\C2=C)cc1)c1ccccc1)c1ccccc1.c1ccccc1. The Morgan fingerprint density at radius 2 is 1.13 bits per heavy atom. The van der Waals surface area contributed by atoms with E-state index in [4.69, 9.17) is 4.99 Å². The highest BCUT2D eigenvalue weighted by Gasteiger charge is 2.00. The Labute approximate surface area is 281 Å². The maximum absolute atomic E-state index is 4.80. The van der Waals surface area contributed by atoms with Crippen molar-refractivity contribution in [1.29, 1.82) is 0 Å². The van der Waals surface area contributed by atoms with E-state index in [1.165, 1.54) is 0 Å². The molecule has 1 heteroatoms. The average Bonchev–Trinajstić information content (AvgIpc) is 3.23. The van der Waals surface area contributed by atoms with E-state index in [9.17, 15) is 0 Å². The van der Waals surface area contributed by atoms with Crippen LogP contribution in [0.15, 0.2) is 230 Å².